The zero-order valence-corrected chi connectivity index (χ0v) is 15.7. The molecule has 1 unspecified atom stereocenters. The molecular weight excluding hydrogens is 334 g/mol. The summed E-state index contributed by atoms with van der Waals surface area (Å²) in [5.74, 6) is 1.33. The standard InChI is InChI=1S/C23H25N3O/c1-27-21-10-4-7-18(15-21)22-11-5-12-23(25-22)19-8-6-14-26(16-19)17-20-9-2-3-13-24-20/h2-5,7,9-13,15,19H,6,8,14,16-17H2,1H3. The molecule has 0 radical (unpaired) electrons. The predicted molar refractivity (Wildman–Crippen MR) is 108 cm³/mol. The third kappa shape index (κ3) is 4.34. The summed E-state index contributed by atoms with van der Waals surface area (Å²) < 4.78 is 5.35. The average Bonchev–Trinajstić information content (AvgIpc) is 2.75. The van der Waals surface area contributed by atoms with E-state index in [1.165, 1.54) is 18.5 Å². The molecule has 1 aliphatic heterocycles. The molecule has 138 valence electrons. The average molecular weight is 359 g/mol. The lowest BCUT2D eigenvalue weighted by Gasteiger charge is -2.32. The summed E-state index contributed by atoms with van der Waals surface area (Å²) >= 11 is 0. The minimum absolute atomic E-state index is 0.466. The molecule has 1 aromatic carbocycles. The molecule has 1 saturated heterocycles. The van der Waals surface area contributed by atoms with Crippen LogP contribution in [0.2, 0.25) is 0 Å². The Hall–Kier alpha value is -2.72. The third-order valence-electron chi connectivity index (χ3n) is 5.17. The van der Waals surface area contributed by atoms with Crippen LogP contribution in [0.1, 0.15) is 30.1 Å². The van der Waals surface area contributed by atoms with E-state index in [0.29, 0.717) is 5.92 Å². The van der Waals surface area contributed by atoms with Crippen molar-refractivity contribution in [2.75, 3.05) is 20.2 Å². The molecule has 0 amide bonds. The van der Waals surface area contributed by atoms with Crippen molar-refractivity contribution in [3.8, 4) is 17.0 Å². The quantitative estimate of drug-likeness (QED) is 0.671. The molecule has 1 fully saturated rings. The van der Waals surface area contributed by atoms with Crippen molar-refractivity contribution in [1.29, 1.82) is 0 Å². The Kier molecular flexibility index (Phi) is 5.45. The van der Waals surface area contributed by atoms with Crippen LogP contribution in [0.3, 0.4) is 0 Å². The van der Waals surface area contributed by atoms with Crippen molar-refractivity contribution in [2.24, 2.45) is 0 Å². The normalized spacial score (nSPS) is 17.6. The van der Waals surface area contributed by atoms with Crippen LogP contribution in [0, 0.1) is 0 Å². The highest BCUT2D eigenvalue weighted by molar-refractivity contribution is 5.61. The number of benzene rings is 1. The predicted octanol–water partition coefficient (Wildman–Crippen LogP) is 4.53. The van der Waals surface area contributed by atoms with Gasteiger partial charge in [0, 0.05) is 36.5 Å². The lowest BCUT2D eigenvalue weighted by Crippen LogP contribution is -2.34. The van der Waals surface area contributed by atoms with Crippen LogP contribution in [-0.4, -0.2) is 35.1 Å². The van der Waals surface area contributed by atoms with Crippen molar-refractivity contribution in [1.82, 2.24) is 14.9 Å². The molecule has 4 rings (SSSR count). The lowest BCUT2D eigenvalue weighted by atomic mass is 9.93. The summed E-state index contributed by atoms with van der Waals surface area (Å²) in [4.78, 5) is 12.0. The highest BCUT2D eigenvalue weighted by atomic mass is 16.5. The van der Waals surface area contributed by atoms with Gasteiger partial charge in [0.1, 0.15) is 5.75 Å². The number of hydrogen-bond acceptors (Lipinski definition) is 4. The minimum atomic E-state index is 0.466. The van der Waals surface area contributed by atoms with Crippen molar-refractivity contribution >= 4 is 0 Å². The number of hydrogen-bond donors (Lipinski definition) is 0. The SMILES string of the molecule is COc1cccc(-c2cccc(C3CCCN(Cc4ccccn4)C3)n2)c1. The number of aromatic nitrogens is 2. The van der Waals surface area contributed by atoms with Crippen LogP contribution in [0.15, 0.2) is 66.9 Å². The van der Waals surface area contributed by atoms with Crippen molar-refractivity contribution in [3.63, 3.8) is 0 Å². The fourth-order valence-electron chi connectivity index (χ4n) is 3.78. The second-order valence-electron chi connectivity index (χ2n) is 7.07. The molecular formula is C23H25N3O. The van der Waals surface area contributed by atoms with Crippen LogP contribution in [0.5, 0.6) is 5.75 Å². The molecule has 3 heterocycles. The fraction of sp³-hybridized carbons (Fsp3) is 0.304. The van der Waals surface area contributed by atoms with E-state index >= 15 is 0 Å². The van der Waals surface area contributed by atoms with E-state index in [2.05, 4.69) is 46.3 Å². The van der Waals surface area contributed by atoms with Gasteiger partial charge in [0.15, 0.2) is 0 Å². The highest BCUT2D eigenvalue weighted by Gasteiger charge is 2.23. The first-order valence-electron chi connectivity index (χ1n) is 9.55. The van der Waals surface area contributed by atoms with Crippen LogP contribution < -0.4 is 4.74 Å². The van der Waals surface area contributed by atoms with Gasteiger partial charge in [-0.25, -0.2) is 0 Å². The molecule has 2 aromatic heterocycles. The van der Waals surface area contributed by atoms with Crippen LogP contribution in [0.25, 0.3) is 11.3 Å². The summed E-state index contributed by atoms with van der Waals surface area (Å²) in [6, 6.07) is 20.6. The van der Waals surface area contributed by atoms with Gasteiger partial charge in [-0.15, -0.1) is 0 Å². The smallest absolute Gasteiger partial charge is 0.119 e. The van der Waals surface area contributed by atoms with Gasteiger partial charge in [-0.05, 0) is 55.8 Å². The second-order valence-corrected chi connectivity index (χ2v) is 7.07. The van der Waals surface area contributed by atoms with E-state index in [9.17, 15) is 0 Å². The summed E-state index contributed by atoms with van der Waals surface area (Å²) in [6.45, 7) is 3.07. The third-order valence-corrected chi connectivity index (χ3v) is 5.17. The van der Waals surface area contributed by atoms with Gasteiger partial charge >= 0.3 is 0 Å². The number of piperidine rings is 1. The van der Waals surface area contributed by atoms with Gasteiger partial charge < -0.3 is 4.74 Å². The van der Waals surface area contributed by atoms with Gasteiger partial charge in [0.25, 0.3) is 0 Å². The molecule has 4 nitrogen and oxygen atoms in total. The Morgan fingerprint density at radius 2 is 2.00 bits per heavy atom. The molecule has 3 aromatic rings. The number of ether oxygens (including phenoxy) is 1. The maximum absolute atomic E-state index is 5.35. The Bertz CT molecular complexity index is 882. The molecule has 27 heavy (non-hydrogen) atoms. The van der Waals surface area contributed by atoms with E-state index in [-0.39, 0.29) is 0 Å². The molecule has 0 saturated carbocycles. The van der Waals surface area contributed by atoms with Gasteiger partial charge in [-0.3, -0.25) is 14.9 Å². The summed E-state index contributed by atoms with van der Waals surface area (Å²) in [5, 5.41) is 0. The Morgan fingerprint density at radius 3 is 2.85 bits per heavy atom. The highest BCUT2D eigenvalue weighted by Crippen LogP contribution is 2.29. The molecule has 0 spiro atoms. The van der Waals surface area contributed by atoms with Crippen LogP contribution in [-0.2, 0) is 6.54 Å². The first kappa shape index (κ1) is 17.7. The maximum Gasteiger partial charge on any atom is 0.119 e. The molecule has 4 heteroatoms. The Balaban J connectivity index is 1.51. The first-order chi connectivity index (χ1) is 13.3. The van der Waals surface area contributed by atoms with Crippen LogP contribution in [0.4, 0.5) is 0 Å². The van der Waals surface area contributed by atoms with E-state index in [1.807, 2.05) is 30.5 Å². The molecule has 0 bridgehead atoms. The topological polar surface area (TPSA) is 38.2 Å². The zero-order valence-electron chi connectivity index (χ0n) is 15.7. The lowest BCUT2D eigenvalue weighted by molar-refractivity contribution is 0.196. The molecule has 1 aliphatic rings. The van der Waals surface area contributed by atoms with E-state index in [0.717, 1.165) is 42.3 Å². The number of methoxy groups -OCH3 is 1. The summed E-state index contributed by atoms with van der Waals surface area (Å²) in [5.41, 5.74) is 4.42. The molecule has 1 atom stereocenters. The zero-order chi connectivity index (χ0) is 18.5. The van der Waals surface area contributed by atoms with Crippen molar-refractivity contribution in [3.05, 3.63) is 78.2 Å². The van der Waals surface area contributed by atoms with Crippen molar-refractivity contribution in [2.45, 2.75) is 25.3 Å². The number of pyridine rings is 2. The van der Waals surface area contributed by atoms with Crippen LogP contribution >= 0.6 is 0 Å². The minimum Gasteiger partial charge on any atom is -0.497 e. The van der Waals surface area contributed by atoms with Gasteiger partial charge in [0.05, 0.1) is 18.5 Å². The second kappa shape index (κ2) is 8.31. The molecule has 0 N–H and O–H groups in total. The number of likely N-dealkylation sites (tertiary alicyclic amines) is 1. The van der Waals surface area contributed by atoms with E-state index < -0.39 is 0 Å². The first-order valence-corrected chi connectivity index (χ1v) is 9.55. The number of rotatable bonds is 5. The maximum atomic E-state index is 5.35. The van der Waals surface area contributed by atoms with Crippen molar-refractivity contribution < 1.29 is 4.74 Å². The van der Waals surface area contributed by atoms with Gasteiger partial charge in [-0.2, -0.15) is 0 Å². The van der Waals surface area contributed by atoms with Gasteiger partial charge in [-0.1, -0.05) is 24.3 Å². The van der Waals surface area contributed by atoms with Gasteiger partial charge in [0.2, 0.25) is 0 Å². The molecule has 0 aliphatic carbocycles. The largest absolute Gasteiger partial charge is 0.497 e. The van der Waals surface area contributed by atoms with E-state index in [4.69, 9.17) is 9.72 Å². The van der Waals surface area contributed by atoms with E-state index in [1.54, 1.807) is 7.11 Å². The Labute approximate surface area is 160 Å². The monoisotopic (exact) mass is 359 g/mol. The summed E-state index contributed by atoms with van der Waals surface area (Å²) in [6.07, 6.45) is 4.26. The fourth-order valence-corrected chi connectivity index (χ4v) is 3.78. The summed E-state index contributed by atoms with van der Waals surface area (Å²) in [7, 11) is 1.70. The Morgan fingerprint density at radius 1 is 1.07 bits per heavy atom. The number of nitrogens with zero attached hydrogens (tertiary/aromatic N) is 3.